The third-order valence-corrected chi connectivity index (χ3v) is 7.78. The number of rotatable bonds is 3. The number of benzene rings is 3. The first-order valence-corrected chi connectivity index (χ1v) is 12.5. The monoisotopic (exact) mass is 531 g/mol. The summed E-state index contributed by atoms with van der Waals surface area (Å²) < 4.78 is 39.8. The molecule has 2 fully saturated rings. The van der Waals surface area contributed by atoms with Gasteiger partial charge in [0.05, 0.1) is 29.1 Å². The largest absolute Gasteiger partial charge is 0.416 e. The fourth-order valence-corrected chi connectivity index (χ4v) is 6.14. The molecule has 2 saturated heterocycles. The van der Waals surface area contributed by atoms with Gasteiger partial charge in [-0.05, 0) is 60.9 Å². The van der Waals surface area contributed by atoms with Crippen LogP contribution in [0.1, 0.15) is 33.9 Å². The average Bonchev–Trinajstić information content (AvgIpc) is 3.37. The number of hydrogen-bond acceptors (Lipinski definition) is 4. The van der Waals surface area contributed by atoms with Gasteiger partial charge in [0.2, 0.25) is 17.7 Å². The summed E-state index contributed by atoms with van der Waals surface area (Å²) in [5, 5.41) is 2.58. The zero-order valence-corrected chi connectivity index (χ0v) is 21.1. The molecule has 9 heteroatoms. The van der Waals surface area contributed by atoms with Gasteiger partial charge >= 0.3 is 6.18 Å². The Hall–Kier alpha value is -4.40. The second-order valence-corrected chi connectivity index (χ2v) is 10.2. The van der Waals surface area contributed by atoms with Gasteiger partial charge in [0, 0.05) is 11.9 Å². The first-order chi connectivity index (χ1) is 18.6. The van der Waals surface area contributed by atoms with E-state index in [1.807, 2.05) is 56.3 Å². The lowest BCUT2D eigenvalue weighted by Gasteiger charge is -2.35. The molecule has 198 valence electrons. The van der Waals surface area contributed by atoms with Crippen molar-refractivity contribution < 1.29 is 27.6 Å². The van der Waals surface area contributed by atoms with Crippen LogP contribution in [-0.4, -0.2) is 28.7 Å². The minimum absolute atomic E-state index is 0.0424. The van der Waals surface area contributed by atoms with Crippen molar-refractivity contribution in [1.29, 1.82) is 0 Å². The van der Waals surface area contributed by atoms with E-state index in [9.17, 15) is 27.6 Å². The van der Waals surface area contributed by atoms with Crippen LogP contribution in [0.15, 0.2) is 72.9 Å². The number of imide groups is 1. The van der Waals surface area contributed by atoms with Gasteiger partial charge < -0.3 is 10.2 Å². The summed E-state index contributed by atoms with van der Waals surface area (Å²) in [6.07, 6.45) is -1.07. The second kappa shape index (κ2) is 8.83. The molecular formula is C30H24F3N3O3. The smallest absolute Gasteiger partial charge is 0.357 e. The number of nitrogens with zero attached hydrogens (tertiary/aromatic N) is 2. The highest BCUT2D eigenvalue weighted by molar-refractivity contribution is 6.24. The van der Waals surface area contributed by atoms with E-state index >= 15 is 0 Å². The van der Waals surface area contributed by atoms with Gasteiger partial charge in [-0.25, -0.2) is 4.90 Å². The molecule has 4 atom stereocenters. The Morgan fingerprint density at radius 1 is 0.897 bits per heavy atom. The van der Waals surface area contributed by atoms with Crippen molar-refractivity contribution in [3.63, 3.8) is 0 Å². The van der Waals surface area contributed by atoms with Crippen molar-refractivity contribution in [3.8, 4) is 0 Å². The molecule has 0 aliphatic carbocycles. The van der Waals surface area contributed by atoms with Crippen molar-refractivity contribution in [1.82, 2.24) is 4.90 Å². The van der Waals surface area contributed by atoms with Crippen LogP contribution in [0.25, 0.3) is 6.08 Å². The third-order valence-electron chi connectivity index (χ3n) is 7.78. The summed E-state index contributed by atoms with van der Waals surface area (Å²) in [5.41, 5.74) is 2.94. The Balaban J connectivity index is 1.43. The van der Waals surface area contributed by atoms with Crippen LogP contribution in [-0.2, 0) is 20.6 Å². The van der Waals surface area contributed by atoms with Gasteiger partial charge in [0.25, 0.3) is 0 Å². The van der Waals surface area contributed by atoms with Crippen molar-refractivity contribution in [2.75, 3.05) is 10.2 Å². The minimum Gasteiger partial charge on any atom is -0.357 e. The van der Waals surface area contributed by atoms with Crippen LogP contribution < -0.4 is 10.2 Å². The van der Waals surface area contributed by atoms with E-state index in [-0.39, 0.29) is 5.69 Å². The van der Waals surface area contributed by atoms with Crippen LogP contribution >= 0.6 is 0 Å². The fraction of sp³-hybridized carbons (Fsp3) is 0.233. The molecule has 3 heterocycles. The number of amides is 3. The maximum absolute atomic E-state index is 14.0. The third kappa shape index (κ3) is 3.91. The molecule has 0 saturated carbocycles. The molecule has 3 aromatic rings. The van der Waals surface area contributed by atoms with Crippen LogP contribution in [0.4, 0.5) is 24.5 Å². The maximum atomic E-state index is 14.0. The number of carbonyl (C=O) groups excluding carboxylic acids is 3. The highest BCUT2D eigenvalue weighted by Crippen LogP contribution is 2.53. The summed E-state index contributed by atoms with van der Waals surface area (Å²) in [7, 11) is 0. The molecule has 6 rings (SSSR count). The lowest BCUT2D eigenvalue weighted by Crippen LogP contribution is -2.46. The number of carbonyl (C=O) groups is 3. The Morgan fingerprint density at radius 2 is 1.64 bits per heavy atom. The van der Waals surface area contributed by atoms with Gasteiger partial charge in [-0.1, -0.05) is 48.0 Å². The van der Waals surface area contributed by atoms with Crippen LogP contribution in [0, 0.1) is 25.7 Å². The van der Waals surface area contributed by atoms with E-state index < -0.39 is 53.4 Å². The van der Waals surface area contributed by atoms with Crippen LogP contribution in [0.2, 0.25) is 0 Å². The van der Waals surface area contributed by atoms with E-state index in [1.54, 1.807) is 17.2 Å². The molecule has 3 aromatic carbocycles. The molecule has 0 bridgehead atoms. The van der Waals surface area contributed by atoms with Crippen LogP contribution in [0.5, 0.6) is 0 Å². The Kier molecular flexibility index (Phi) is 5.64. The zero-order chi connectivity index (χ0) is 27.6. The topological polar surface area (TPSA) is 69.7 Å². The first kappa shape index (κ1) is 24.9. The number of nitrogens with one attached hydrogen (secondary N) is 1. The Bertz CT molecular complexity index is 1560. The molecular weight excluding hydrogens is 507 g/mol. The molecule has 6 nitrogen and oxygen atoms in total. The SMILES string of the molecule is Cc1ccc(N2C(=O)[C@@H]3[C@H](C2=O)[C@H]2c4ccccc4C=CN2[C@H]3C(=O)Nc2cccc(C(F)(F)F)c2)c(C)c1. The molecule has 1 N–H and O–H groups in total. The second-order valence-electron chi connectivity index (χ2n) is 10.2. The standard InChI is InChI=1S/C30H24F3N3O3/c1-16-10-11-22(17(2)14-16)36-28(38)23-24(29(36)39)26(35-13-12-18-6-3-4-9-21(18)25(23)35)27(37)34-20-8-5-7-19(15-20)30(31,32)33/h3-15,23-26H,1-2H3,(H,34,37)/t23-,24+,25+,26+/m0/s1. The molecule has 3 aliphatic heterocycles. The summed E-state index contributed by atoms with van der Waals surface area (Å²) in [6, 6.07) is 15.6. The summed E-state index contributed by atoms with van der Waals surface area (Å²) in [5.74, 6) is -3.42. The lowest BCUT2D eigenvalue weighted by atomic mass is 9.84. The van der Waals surface area contributed by atoms with Gasteiger partial charge in [-0.15, -0.1) is 0 Å². The number of anilines is 2. The first-order valence-electron chi connectivity index (χ1n) is 12.5. The fourth-order valence-electron chi connectivity index (χ4n) is 6.14. The normalized spacial score (nSPS) is 23.5. The molecule has 39 heavy (non-hydrogen) atoms. The summed E-state index contributed by atoms with van der Waals surface area (Å²) >= 11 is 0. The maximum Gasteiger partial charge on any atom is 0.416 e. The molecule has 0 radical (unpaired) electrons. The van der Waals surface area contributed by atoms with E-state index in [1.165, 1.54) is 17.0 Å². The van der Waals surface area contributed by atoms with Crippen molar-refractivity contribution in [2.24, 2.45) is 11.8 Å². The highest BCUT2D eigenvalue weighted by atomic mass is 19.4. The lowest BCUT2D eigenvalue weighted by molar-refractivity contribution is -0.137. The number of alkyl halides is 3. The van der Waals surface area contributed by atoms with Gasteiger partial charge in [0.15, 0.2) is 0 Å². The quantitative estimate of drug-likeness (QED) is 0.455. The van der Waals surface area contributed by atoms with E-state index in [4.69, 9.17) is 0 Å². The number of aryl methyl sites for hydroxylation is 2. The summed E-state index contributed by atoms with van der Waals surface area (Å²) in [4.78, 5) is 44.6. The van der Waals surface area contributed by atoms with Crippen molar-refractivity contribution in [2.45, 2.75) is 32.1 Å². The molecule has 0 aromatic heterocycles. The zero-order valence-electron chi connectivity index (χ0n) is 21.1. The Labute approximate surface area is 222 Å². The van der Waals surface area contributed by atoms with Crippen molar-refractivity contribution in [3.05, 3.63) is 101 Å². The number of fused-ring (bicyclic) bond motifs is 5. The molecule has 0 spiro atoms. The predicted octanol–water partition coefficient (Wildman–Crippen LogP) is 5.48. The summed E-state index contributed by atoms with van der Waals surface area (Å²) in [6.45, 7) is 3.73. The van der Waals surface area contributed by atoms with Crippen molar-refractivity contribution >= 4 is 35.2 Å². The van der Waals surface area contributed by atoms with Gasteiger partial charge in [-0.2, -0.15) is 13.2 Å². The van der Waals surface area contributed by atoms with Gasteiger partial charge in [0.1, 0.15) is 6.04 Å². The van der Waals surface area contributed by atoms with E-state index in [2.05, 4.69) is 5.32 Å². The highest BCUT2D eigenvalue weighted by Gasteiger charge is 2.64. The molecule has 0 unspecified atom stereocenters. The molecule has 3 amide bonds. The molecule has 3 aliphatic rings. The number of halogens is 3. The van der Waals surface area contributed by atoms with E-state index in [0.717, 1.165) is 34.4 Å². The van der Waals surface area contributed by atoms with E-state index in [0.29, 0.717) is 5.69 Å². The number of hydrogen-bond donors (Lipinski definition) is 1. The van der Waals surface area contributed by atoms with Gasteiger partial charge in [-0.3, -0.25) is 14.4 Å². The Morgan fingerprint density at radius 3 is 2.38 bits per heavy atom. The average molecular weight is 532 g/mol. The predicted molar refractivity (Wildman–Crippen MR) is 139 cm³/mol. The minimum atomic E-state index is -4.58. The van der Waals surface area contributed by atoms with Crippen LogP contribution in [0.3, 0.4) is 0 Å².